The lowest BCUT2D eigenvalue weighted by Gasteiger charge is -2.18. The molecule has 302 valence electrons. The van der Waals surface area contributed by atoms with E-state index in [0.717, 1.165) is 59.1 Å². The van der Waals surface area contributed by atoms with Gasteiger partial charge < -0.3 is 31.1 Å². The van der Waals surface area contributed by atoms with Crippen LogP contribution in [0.5, 0.6) is 0 Å². The van der Waals surface area contributed by atoms with Crippen LogP contribution in [0, 0.1) is 13.8 Å². The summed E-state index contributed by atoms with van der Waals surface area (Å²) in [5.74, 6) is -5.49. The Morgan fingerprint density at radius 2 is 1.00 bits per heavy atom. The molecule has 2 aromatic carbocycles. The lowest BCUT2D eigenvalue weighted by molar-refractivity contribution is -0.146. The van der Waals surface area contributed by atoms with Gasteiger partial charge in [0.25, 0.3) is 11.8 Å². The summed E-state index contributed by atoms with van der Waals surface area (Å²) in [5, 5.41) is 48.5. The second-order valence-corrected chi connectivity index (χ2v) is 14.7. The maximum absolute atomic E-state index is 13.6. The monoisotopic (exact) mass is 792 g/mol. The molecule has 16 heteroatoms. The summed E-state index contributed by atoms with van der Waals surface area (Å²) in [5.41, 5.74) is 7.79. The number of carbonyl (C=O) groups is 6. The van der Waals surface area contributed by atoms with E-state index < -0.39 is 60.6 Å². The van der Waals surface area contributed by atoms with E-state index >= 15 is 0 Å². The summed E-state index contributed by atoms with van der Waals surface area (Å²) in [6.45, 7) is 3.93. The first-order chi connectivity index (χ1) is 27.7. The molecule has 0 aliphatic heterocycles. The first-order valence-corrected chi connectivity index (χ1v) is 18.9. The topological polar surface area (TPSA) is 257 Å². The molecule has 2 aliphatic carbocycles. The van der Waals surface area contributed by atoms with Crippen LogP contribution >= 0.6 is 0 Å². The third-order valence-electron chi connectivity index (χ3n) is 10.4. The Kier molecular flexibility index (Phi) is 12.6. The van der Waals surface area contributed by atoms with Crippen LogP contribution in [0.4, 0.5) is 11.4 Å². The predicted molar refractivity (Wildman–Crippen MR) is 211 cm³/mol. The zero-order valence-electron chi connectivity index (χ0n) is 31.9. The molecule has 58 heavy (non-hydrogen) atoms. The van der Waals surface area contributed by atoms with Gasteiger partial charge in [0.15, 0.2) is 0 Å². The highest BCUT2D eigenvalue weighted by Gasteiger charge is 2.30. The quantitative estimate of drug-likeness (QED) is 0.0618. The average Bonchev–Trinajstić information content (AvgIpc) is 4.11. The van der Waals surface area contributed by atoms with Crippen molar-refractivity contribution in [3.8, 4) is 11.1 Å². The molecule has 2 amide bonds. The third kappa shape index (κ3) is 10.1. The van der Waals surface area contributed by atoms with Crippen molar-refractivity contribution in [3.63, 3.8) is 0 Å². The van der Waals surface area contributed by atoms with Crippen LogP contribution < -0.4 is 21.3 Å². The number of carbonyl (C=O) groups excluding carboxylic acids is 2. The molecule has 2 heterocycles. The van der Waals surface area contributed by atoms with Crippen LogP contribution in [0.15, 0.2) is 60.9 Å². The van der Waals surface area contributed by atoms with Gasteiger partial charge in [-0.25, -0.2) is 0 Å². The van der Waals surface area contributed by atoms with E-state index in [1.54, 1.807) is 24.3 Å². The van der Waals surface area contributed by atoms with Crippen LogP contribution in [0.1, 0.15) is 105 Å². The van der Waals surface area contributed by atoms with Crippen LogP contribution in [-0.4, -0.2) is 78.2 Å². The molecule has 16 nitrogen and oxygen atoms in total. The molecule has 0 radical (unpaired) electrons. The number of rotatable bonds is 19. The molecule has 2 aliphatic rings. The molecule has 6 rings (SSSR count). The number of nitrogens with zero attached hydrogens (tertiary/aromatic N) is 2. The zero-order chi connectivity index (χ0) is 41.7. The fraction of sp³-hybridized carbons (Fsp3) is 0.333. The lowest BCUT2D eigenvalue weighted by atomic mass is 9.94. The Balaban J connectivity index is 1.16. The molecule has 2 atom stereocenters. The van der Waals surface area contributed by atoms with Gasteiger partial charge in [0.2, 0.25) is 0 Å². The van der Waals surface area contributed by atoms with E-state index in [4.69, 9.17) is 10.2 Å². The number of aliphatic carboxylic acids is 4. The van der Waals surface area contributed by atoms with Gasteiger partial charge in [0.1, 0.15) is 23.5 Å². The minimum Gasteiger partial charge on any atom is -0.481 e. The molecule has 4 aromatic rings. The van der Waals surface area contributed by atoms with Crippen molar-refractivity contribution in [3.05, 3.63) is 106 Å². The molecule has 0 saturated heterocycles. The molecule has 2 saturated carbocycles. The third-order valence-corrected chi connectivity index (χ3v) is 10.4. The number of amides is 2. The first kappa shape index (κ1) is 41.1. The van der Waals surface area contributed by atoms with Gasteiger partial charge in [-0.05, 0) is 120 Å². The summed E-state index contributed by atoms with van der Waals surface area (Å²) in [6, 6.07) is 11.9. The first-order valence-electron chi connectivity index (χ1n) is 18.9. The second kappa shape index (κ2) is 17.7. The van der Waals surface area contributed by atoms with Crippen molar-refractivity contribution in [2.45, 2.75) is 89.4 Å². The Morgan fingerprint density at radius 1 is 0.621 bits per heavy atom. The summed E-state index contributed by atoms with van der Waals surface area (Å²) in [6.07, 6.45) is 5.53. The standard InChI is InChI=1S/C42H44N6O10/c1-21-27(5-3-7-31(21)47-39(53)33-13-29(23-9-10-23)25(17-43-33)19-45-35(41(55)56)15-37(49)50)28-6-4-8-32(22(28)2)48-40(54)34-14-30(24-11-12-24)26(18-44-34)20-46-36(42(57)58)16-38(51)52/h3-8,13-14,17-18,23-24,35-36,45-46H,9-12,15-16,19-20H2,1-2H3,(H,47,53)(H,48,54)(H,49,50)(H,51,52)(H,55,56)(H,57,58)/t35-,36-/m0/s1. The Labute approximate surface area is 333 Å². The number of pyridine rings is 2. The molecule has 0 unspecified atom stereocenters. The van der Waals surface area contributed by atoms with E-state index in [9.17, 15) is 39.0 Å². The SMILES string of the molecule is Cc1c(NC(=O)c2cc(C3CC3)c(CN[C@@H](CC(=O)O)C(=O)O)cn2)cccc1-c1cccc(NC(=O)c2cc(C3CC3)c(CN[C@@H](CC(=O)O)C(=O)O)cn2)c1C. The normalized spacial score (nSPS) is 14.6. The van der Waals surface area contributed by atoms with Gasteiger partial charge in [-0.3, -0.25) is 49.4 Å². The fourth-order valence-corrected chi connectivity index (χ4v) is 6.90. The maximum atomic E-state index is 13.6. The van der Waals surface area contributed by atoms with Gasteiger partial charge in [0.05, 0.1) is 12.8 Å². The molecule has 0 spiro atoms. The number of hydrogen-bond acceptors (Lipinski definition) is 10. The van der Waals surface area contributed by atoms with Crippen LogP contribution in [0.2, 0.25) is 0 Å². The zero-order valence-corrected chi connectivity index (χ0v) is 31.9. The van der Waals surface area contributed by atoms with E-state index in [0.29, 0.717) is 22.5 Å². The summed E-state index contributed by atoms with van der Waals surface area (Å²) < 4.78 is 0. The molecule has 8 N–H and O–H groups in total. The van der Waals surface area contributed by atoms with Crippen LogP contribution in [-0.2, 0) is 32.3 Å². The Morgan fingerprint density at radius 3 is 1.33 bits per heavy atom. The Bertz CT molecular complexity index is 2130. The van der Waals surface area contributed by atoms with E-state index in [-0.39, 0.29) is 36.3 Å². The highest BCUT2D eigenvalue weighted by Crippen LogP contribution is 2.43. The predicted octanol–water partition coefficient (Wildman–Crippen LogP) is 5.05. The second-order valence-electron chi connectivity index (χ2n) is 14.7. The van der Waals surface area contributed by atoms with Gasteiger partial charge in [-0.15, -0.1) is 0 Å². The largest absolute Gasteiger partial charge is 0.481 e. The summed E-state index contributed by atoms with van der Waals surface area (Å²) in [4.78, 5) is 81.2. The van der Waals surface area contributed by atoms with Crippen molar-refractivity contribution < 1.29 is 49.2 Å². The number of anilines is 2. The van der Waals surface area contributed by atoms with Gasteiger partial charge in [-0.2, -0.15) is 0 Å². The van der Waals surface area contributed by atoms with E-state index in [1.807, 2.05) is 38.1 Å². The van der Waals surface area contributed by atoms with Crippen molar-refractivity contribution >= 4 is 47.1 Å². The summed E-state index contributed by atoms with van der Waals surface area (Å²) >= 11 is 0. The van der Waals surface area contributed by atoms with Crippen molar-refractivity contribution in [1.29, 1.82) is 0 Å². The smallest absolute Gasteiger partial charge is 0.321 e. The molecule has 0 bridgehead atoms. The highest BCUT2D eigenvalue weighted by atomic mass is 16.4. The van der Waals surface area contributed by atoms with Crippen LogP contribution in [0.3, 0.4) is 0 Å². The van der Waals surface area contributed by atoms with Gasteiger partial charge in [0, 0.05) is 36.9 Å². The molecular formula is C42H44N6O10. The lowest BCUT2D eigenvalue weighted by Crippen LogP contribution is -2.38. The average molecular weight is 793 g/mol. The van der Waals surface area contributed by atoms with Crippen molar-refractivity contribution in [2.75, 3.05) is 10.6 Å². The molecular weight excluding hydrogens is 748 g/mol. The minimum atomic E-state index is -1.27. The number of hydrogen-bond donors (Lipinski definition) is 8. The summed E-state index contributed by atoms with van der Waals surface area (Å²) in [7, 11) is 0. The number of carboxylic acid groups (broad SMARTS) is 4. The molecule has 2 fully saturated rings. The minimum absolute atomic E-state index is 0.0844. The number of nitrogens with one attached hydrogen (secondary N) is 4. The highest BCUT2D eigenvalue weighted by molar-refractivity contribution is 6.05. The van der Waals surface area contributed by atoms with E-state index in [1.165, 1.54) is 12.4 Å². The van der Waals surface area contributed by atoms with Crippen LogP contribution in [0.25, 0.3) is 11.1 Å². The van der Waals surface area contributed by atoms with E-state index in [2.05, 4.69) is 31.2 Å². The van der Waals surface area contributed by atoms with Gasteiger partial charge in [-0.1, -0.05) is 24.3 Å². The number of benzene rings is 2. The van der Waals surface area contributed by atoms with Gasteiger partial charge >= 0.3 is 23.9 Å². The number of aromatic nitrogens is 2. The maximum Gasteiger partial charge on any atom is 0.321 e. The Hall–Kier alpha value is -6.52. The fourth-order valence-electron chi connectivity index (χ4n) is 6.90. The van der Waals surface area contributed by atoms with Crippen molar-refractivity contribution in [2.24, 2.45) is 0 Å². The molecule has 2 aromatic heterocycles. The van der Waals surface area contributed by atoms with Crippen molar-refractivity contribution in [1.82, 2.24) is 20.6 Å². The number of carboxylic acids is 4.